The Morgan fingerprint density at radius 2 is 2.10 bits per heavy atom. The molecule has 0 aliphatic carbocycles. The third-order valence-electron chi connectivity index (χ3n) is 4.28. The van der Waals surface area contributed by atoms with Crippen LogP contribution in [-0.2, 0) is 0 Å². The van der Waals surface area contributed by atoms with E-state index in [0.29, 0.717) is 6.04 Å². The highest BCUT2D eigenvalue weighted by atomic mass is 16.4. The molecule has 1 fully saturated rings. The van der Waals surface area contributed by atoms with Gasteiger partial charge < -0.3 is 10.0 Å². The molecule has 0 amide bonds. The summed E-state index contributed by atoms with van der Waals surface area (Å²) in [6, 6.07) is 9.95. The molecule has 0 radical (unpaired) electrons. The Hall–Kier alpha value is -2.10. The summed E-state index contributed by atoms with van der Waals surface area (Å²) in [6.45, 7) is 3.20. The first-order valence-corrected chi connectivity index (χ1v) is 7.56. The van der Waals surface area contributed by atoms with Gasteiger partial charge in [-0.15, -0.1) is 0 Å². The van der Waals surface area contributed by atoms with E-state index < -0.39 is 5.97 Å². The molecule has 1 N–H and O–H groups in total. The van der Waals surface area contributed by atoms with Gasteiger partial charge >= 0.3 is 5.97 Å². The van der Waals surface area contributed by atoms with E-state index in [0.717, 1.165) is 36.0 Å². The monoisotopic (exact) mass is 284 g/mol. The zero-order valence-corrected chi connectivity index (χ0v) is 12.2. The van der Waals surface area contributed by atoms with Gasteiger partial charge in [-0.1, -0.05) is 31.0 Å². The second-order valence-corrected chi connectivity index (χ2v) is 5.74. The van der Waals surface area contributed by atoms with Crippen LogP contribution in [0.4, 0.5) is 5.69 Å². The van der Waals surface area contributed by atoms with Crippen molar-refractivity contribution < 1.29 is 9.90 Å². The number of anilines is 1. The standard InChI is InChI=1S/C17H20N2O2/c1-12-7-3-2-6-10-19(12)16-11-15(17(20)21)18-14-9-5-4-8-13(14)16/h4-5,8-9,11-12H,2-3,6-7,10H2,1H3,(H,20,21). The second-order valence-electron chi connectivity index (χ2n) is 5.74. The lowest BCUT2D eigenvalue weighted by Crippen LogP contribution is -2.32. The van der Waals surface area contributed by atoms with E-state index in [1.54, 1.807) is 6.07 Å². The number of nitrogens with zero attached hydrogens (tertiary/aromatic N) is 2. The molecule has 1 saturated heterocycles. The van der Waals surface area contributed by atoms with Crippen LogP contribution in [0.5, 0.6) is 0 Å². The zero-order chi connectivity index (χ0) is 14.8. The number of aromatic nitrogens is 1. The Balaban J connectivity index is 2.16. The molecule has 1 aliphatic rings. The minimum atomic E-state index is -0.968. The molecular formula is C17H20N2O2. The number of rotatable bonds is 2. The molecule has 0 bridgehead atoms. The number of carboxylic acids is 1. The van der Waals surface area contributed by atoms with Gasteiger partial charge in [0.15, 0.2) is 5.69 Å². The summed E-state index contributed by atoms with van der Waals surface area (Å²) in [4.78, 5) is 18.0. The van der Waals surface area contributed by atoms with E-state index in [4.69, 9.17) is 0 Å². The van der Waals surface area contributed by atoms with Crippen molar-refractivity contribution in [3.05, 3.63) is 36.0 Å². The van der Waals surface area contributed by atoms with Crippen LogP contribution < -0.4 is 4.90 Å². The number of fused-ring (bicyclic) bond motifs is 1. The van der Waals surface area contributed by atoms with Gasteiger partial charge in [-0.2, -0.15) is 0 Å². The van der Waals surface area contributed by atoms with Crippen LogP contribution in [0.3, 0.4) is 0 Å². The highest BCUT2D eigenvalue weighted by molar-refractivity contribution is 5.97. The molecule has 2 aromatic rings. The van der Waals surface area contributed by atoms with Crippen LogP contribution >= 0.6 is 0 Å². The van der Waals surface area contributed by atoms with E-state index in [1.165, 1.54) is 12.8 Å². The first-order valence-electron chi connectivity index (χ1n) is 7.56. The van der Waals surface area contributed by atoms with Gasteiger partial charge in [-0.05, 0) is 31.9 Å². The summed E-state index contributed by atoms with van der Waals surface area (Å²) in [5.74, 6) is -0.968. The summed E-state index contributed by atoms with van der Waals surface area (Å²) >= 11 is 0. The Morgan fingerprint density at radius 1 is 1.29 bits per heavy atom. The van der Waals surface area contributed by atoms with Crippen LogP contribution in [-0.4, -0.2) is 28.6 Å². The van der Waals surface area contributed by atoms with E-state index in [1.807, 2.05) is 24.3 Å². The highest BCUT2D eigenvalue weighted by Gasteiger charge is 2.21. The average Bonchev–Trinajstić information content (AvgIpc) is 2.70. The number of aromatic carboxylic acids is 1. The molecule has 21 heavy (non-hydrogen) atoms. The fourth-order valence-electron chi connectivity index (χ4n) is 3.14. The number of pyridine rings is 1. The van der Waals surface area contributed by atoms with Crippen LogP contribution in [0.15, 0.2) is 30.3 Å². The lowest BCUT2D eigenvalue weighted by atomic mass is 10.1. The van der Waals surface area contributed by atoms with Gasteiger partial charge in [0.1, 0.15) is 0 Å². The summed E-state index contributed by atoms with van der Waals surface area (Å²) in [5, 5.41) is 10.3. The Labute approximate surface area is 124 Å². The van der Waals surface area contributed by atoms with Gasteiger partial charge in [-0.3, -0.25) is 0 Å². The summed E-state index contributed by atoms with van der Waals surface area (Å²) in [6.07, 6.45) is 4.80. The molecule has 1 aromatic heterocycles. The van der Waals surface area contributed by atoms with Gasteiger partial charge in [0, 0.05) is 23.7 Å². The van der Waals surface area contributed by atoms with E-state index in [9.17, 15) is 9.90 Å². The number of carbonyl (C=O) groups is 1. The van der Waals surface area contributed by atoms with E-state index in [-0.39, 0.29) is 5.69 Å². The molecule has 0 saturated carbocycles. The van der Waals surface area contributed by atoms with Crippen molar-refractivity contribution in [2.75, 3.05) is 11.4 Å². The van der Waals surface area contributed by atoms with Crippen LogP contribution in [0.1, 0.15) is 43.1 Å². The molecule has 3 rings (SSSR count). The normalized spacial score (nSPS) is 19.5. The van der Waals surface area contributed by atoms with Crippen molar-refractivity contribution in [1.29, 1.82) is 0 Å². The summed E-state index contributed by atoms with van der Waals surface area (Å²) in [5.41, 5.74) is 1.89. The third kappa shape index (κ3) is 2.71. The maximum absolute atomic E-state index is 11.3. The van der Waals surface area contributed by atoms with Crippen molar-refractivity contribution in [1.82, 2.24) is 4.98 Å². The molecule has 4 nitrogen and oxygen atoms in total. The fraction of sp³-hybridized carbons (Fsp3) is 0.412. The maximum Gasteiger partial charge on any atom is 0.354 e. The first-order chi connectivity index (χ1) is 10.2. The molecule has 1 aliphatic heterocycles. The number of para-hydroxylation sites is 1. The number of hydrogen-bond donors (Lipinski definition) is 1. The third-order valence-corrected chi connectivity index (χ3v) is 4.28. The van der Waals surface area contributed by atoms with Gasteiger partial charge in [0.25, 0.3) is 0 Å². The van der Waals surface area contributed by atoms with Gasteiger partial charge in [0.05, 0.1) is 5.52 Å². The fourth-order valence-corrected chi connectivity index (χ4v) is 3.14. The van der Waals surface area contributed by atoms with Crippen molar-refractivity contribution in [3.8, 4) is 0 Å². The molecular weight excluding hydrogens is 264 g/mol. The average molecular weight is 284 g/mol. The Kier molecular flexibility index (Phi) is 3.78. The van der Waals surface area contributed by atoms with Gasteiger partial charge in [-0.25, -0.2) is 9.78 Å². The highest BCUT2D eigenvalue weighted by Crippen LogP contribution is 2.31. The smallest absolute Gasteiger partial charge is 0.354 e. The van der Waals surface area contributed by atoms with Crippen LogP contribution in [0.2, 0.25) is 0 Å². The SMILES string of the molecule is CC1CCCCCN1c1cc(C(=O)O)nc2ccccc12. The molecule has 1 atom stereocenters. The molecule has 0 spiro atoms. The molecule has 2 heterocycles. The lowest BCUT2D eigenvalue weighted by Gasteiger charge is -2.30. The minimum absolute atomic E-state index is 0.125. The Bertz CT molecular complexity index is 669. The van der Waals surface area contributed by atoms with E-state index in [2.05, 4.69) is 16.8 Å². The maximum atomic E-state index is 11.3. The van der Waals surface area contributed by atoms with Crippen molar-refractivity contribution >= 4 is 22.6 Å². The van der Waals surface area contributed by atoms with Crippen molar-refractivity contribution in [3.63, 3.8) is 0 Å². The Morgan fingerprint density at radius 3 is 2.90 bits per heavy atom. The second kappa shape index (κ2) is 5.72. The number of benzene rings is 1. The number of carboxylic acid groups (broad SMARTS) is 1. The quantitative estimate of drug-likeness (QED) is 0.913. The molecule has 1 unspecified atom stereocenters. The zero-order valence-electron chi connectivity index (χ0n) is 12.2. The topological polar surface area (TPSA) is 53.4 Å². The largest absolute Gasteiger partial charge is 0.477 e. The van der Waals surface area contributed by atoms with Crippen molar-refractivity contribution in [2.45, 2.75) is 38.6 Å². The van der Waals surface area contributed by atoms with Crippen molar-refractivity contribution in [2.24, 2.45) is 0 Å². The molecule has 1 aromatic carbocycles. The van der Waals surface area contributed by atoms with Gasteiger partial charge in [0.2, 0.25) is 0 Å². The molecule has 110 valence electrons. The first kappa shape index (κ1) is 13.9. The minimum Gasteiger partial charge on any atom is -0.477 e. The lowest BCUT2D eigenvalue weighted by molar-refractivity contribution is 0.0691. The predicted molar refractivity (Wildman–Crippen MR) is 84.0 cm³/mol. The predicted octanol–water partition coefficient (Wildman–Crippen LogP) is 3.70. The van der Waals surface area contributed by atoms with Crippen LogP contribution in [0.25, 0.3) is 10.9 Å². The summed E-state index contributed by atoms with van der Waals surface area (Å²) < 4.78 is 0. The van der Waals surface area contributed by atoms with E-state index >= 15 is 0 Å². The number of hydrogen-bond acceptors (Lipinski definition) is 3. The van der Waals surface area contributed by atoms with Crippen LogP contribution in [0, 0.1) is 0 Å². The molecule has 4 heteroatoms. The summed E-state index contributed by atoms with van der Waals surface area (Å²) in [7, 11) is 0.